The van der Waals surface area contributed by atoms with Crippen LogP contribution in [0.3, 0.4) is 0 Å². The summed E-state index contributed by atoms with van der Waals surface area (Å²) in [4.78, 5) is 0.247. The average molecular weight is 361 g/mol. The van der Waals surface area contributed by atoms with Crippen LogP contribution in [0, 0.1) is 0 Å². The maximum atomic E-state index is 11.7. The Balaban J connectivity index is 2.44. The molecule has 1 aliphatic rings. The van der Waals surface area contributed by atoms with E-state index >= 15 is 0 Å². The molecule has 1 fully saturated rings. The third-order valence-electron chi connectivity index (χ3n) is 3.85. The molecule has 1 aliphatic heterocycles. The molecule has 2 rings (SSSR count). The summed E-state index contributed by atoms with van der Waals surface area (Å²) in [6, 6.07) is 4.99. The van der Waals surface area contributed by atoms with E-state index in [1.807, 2.05) is 33.8 Å². The summed E-state index contributed by atoms with van der Waals surface area (Å²) in [5.41, 5.74) is -0.213. The van der Waals surface area contributed by atoms with Gasteiger partial charge in [-0.25, -0.2) is 8.42 Å². The fraction of sp³-hybridized carbons (Fsp3) is 0.538. The summed E-state index contributed by atoms with van der Waals surface area (Å²) in [5.74, 6) is 0. The number of halogens is 1. The van der Waals surface area contributed by atoms with Crippen molar-refractivity contribution in [3.63, 3.8) is 0 Å². The molecule has 20 heavy (non-hydrogen) atoms. The van der Waals surface area contributed by atoms with Crippen molar-refractivity contribution in [1.82, 2.24) is 0 Å². The summed E-state index contributed by atoms with van der Waals surface area (Å²) >= 11 is 3.33. The van der Waals surface area contributed by atoms with E-state index in [1.54, 1.807) is 12.1 Å². The minimum Gasteiger partial charge on any atom is -0.399 e. The smallest absolute Gasteiger partial charge is 0.399 e. The zero-order valence-electron chi connectivity index (χ0n) is 12.2. The topological polar surface area (TPSA) is 52.6 Å². The van der Waals surface area contributed by atoms with Crippen LogP contribution in [0.5, 0.6) is 0 Å². The predicted molar refractivity (Wildman–Crippen MR) is 83.0 cm³/mol. The Labute approximate surface area is 129 Å². The average Bonchev–Trinajstić information content (AvgIpc) is 2.46. The Bertz CT molecular complexity index is 624. The molecular formula is C13H18BBrO4S. The van der Waals surface area contributed by atoms with Gasteiger partial charge in [-0.05, 0) is 51.4 Å². The van der Waals surface area contributed by atoms with Crippen LogP contribution in [0.15, 0.2) is 27.6 Å². The van der Waals surface area contributed by atoms with Crippen LogP contribution in [-0.4, -0.2) is 33.0 Å². The summed E-state index contributed by atoms with van der Waals surface area (Å²) in [5, 5.41) is 0. The molecule has 110 valence electrons. The maximum absolute atomic E-state index is 11.7. The van der Waals surface area contributed by atoms with E-state index in [2.05, 4.69) is 15.9 Å². The van der Waals surface area contributed by atoms with Crippen molar-refractivity contribution in [1.29, 1.82) is 0 Å². The lowest BCUT2D eigenvalue weighted by molar-refractivity contribution is 0.00578. The zero-order chi connectivity index (χ0) is 15.3. The first-order chi connectivity index (χ1) is 8.92. The molecule has 0 radical (unpaired) electrons. The van der Waals surface area contributed by atoms with E-state index in [0.717, 1.165) is 0 Å². The van der Waals surface area contributed by atoms with Crippen LogP contribution in [0.2, 0.25) is 0 Å². The van der Waals surface area contributed by atoms with Crippen molar-refractivity contribution in [2.24, 2.45) is 0 Å². The Hall–Kier alpha value is -0.365. The van der Waals surface area contributed by atoms with Crippen molar-refractivity contribution in [3.05, 3.63) is 22.7 Å². The molecule has 0 bridgehead atoms. The normalized spacial score (nSPS) is 21.2. The fourth-order valence-corrected chi connectivity index (χ4v) is 3.27. The van der Waals surface area contributed by atoms with E-state index in [9.17, 15) is 8.42 Å². The van der Waals surface area contributed by atoms with E-state index in [0.29, 0.717) is 9.94 Å². The second-order valence-electron chi connectivity index (χ2n) is 6.08. The van der Waals surface area contributed by atoms with Gasteiger partial charge < -0.3 is 9.31 Å². The molecule has 1 saturated heterocycles. The molecule has 0 saturated carbocycles. The monoisotopic (exact) mass is 360 g/mol. The number of hydrogen-bond acceptors (Lipinski definition) is 4. The molecule has 0 aromatic heterocycles. The molecular weight excluding hydrogens is 343 g/mol. The van der Waals surface area contributed by atoms with Gasteiger partial charge in [0.05, 0.1) is 16.1 Å². The molecule has 1 aromatic carbocycles. The van der Waals surface area contributed by atoms with Crippen molar-refractivity contribution >= 4 is 38.3 Å². The van der Waals surface area contributed by atoms with Gasteiger partial charge in [-0.15, -0.1) is 0 Å². The lowest BCUT2D eigenvalue weighted by Gasteiger charge is -2.32. The van der Waals surface area contributed by atoms with Gasteiger partial charge >= 0.3 is 7.12 Å². The molecule has 0 spiro atoms. The van der Waals surface area contributed by atoms with Gasteiger partial charge in [-0.2, -0.15) is 0 Å². The highest BCUT2D eigenvalue weighted by Gasteiger charge is 2.51. The minimum atomic E-state index is -3.28. The Morgan fingerprint density at radius 3 is 2.00 bits per heavy atom. The molecule has 0 unspecified atom stereocenters. The van der Waals surface area contributed by atoms with Crippen molar-refractivity contribution in [2.75, 3.05) is 6.26 Å². The van der Waals surface area contributed by atoms with Crippen LogP contribution in [0.1, 0.15) is 27.7 Å². The van der Waals surface area contributed by atoms with Crippen molar-refractivity contribution in [2.45, 2.75) is 43.8 Å². The second kappa shape index (κ2) is 4.83. The van der Waals surface area contributed by atoms with E-state index in [1.165, 1.54) is 6.26 Å². The molecule has 4 nitrogen and oxygen atoms in total. The molecule has 0 amide bonds. The van der Waals surface area contributed by atoms with E-state index in [4.69, 9.17) is 9.31 Å². The van der Waals surface area contributed by atoms with E-state index < -0.39 is 28.2 Å². The van der Waals surface area contributed by atoms with Crippen LogP contribution in [0.25, 0.3) is 0 Å². The first kappa shape index (κ1) is 16.0. The second-order valence-corrected chi connectivity index (χ2v) is 9.01. The first-order valence-electron chi connectivity index (χ1n) is 6.29. The third kappa shape index (κ3) is 2.96. The van der Waals surface area contributed by atoms with Crippen molar-refractivity contribution < 1.29 is 17.7 Å². The Morgan fingerprint density at radius 1 is 1.05 bits per heavy atom. The Morgan fingerprint density at radius 2 is 1.55 bits per heavy atom. The van der Waals surface area contributed by atoms with Gasteiger partial charge in [0, 0.05) is 10.7 Å². The highest BCUT2D eigenvalue weighted by molar-refractivity contribution is 9.10. The van der Waals surface area contributed by atoms with E-state index in [-0.39, 0.29) is 4.90 Å². The molecule has 7 heteroatoms. The van der Waals surface area contributed by atoms with Crippen LogP contribution in [-0.2, 0) is 19.1 Å². The molecule has 1 heterocycles. The van der Waals surface area contributed by atoms with Crippen molar-refractivity contribution in [3.8, 4) is 0 Å². The number of rotatable bonds is 2. The van der Waals surface area contributed by atoms with Gasteiger partial charge in [0.2, 0.25) is 0 Å². The van der Waals surface area contributed by atoms with Gasteiger partial charge in [0.1, 0.15) is 0 Å². The molecule has 1 aromatic rings. The summed E-state index contributed by atoms with van der Waals surface area (Å²) in [6.45, 7) is 7.84. The predicted octanol–water partition coefficient (Wildman–Crippen LogP) is 2.15. The molecule has 0 aliphatic carbocycles. The Kier molecular flexibility index (Phi) is 3.87. The summed E-state index contributed by atoms with van der Waals surface area (Å²) in [6.07, 6.45) is 1.18. The standard InChI is InChI=1S/C13H18BBrO4S/c1-12(2)13(3,4)19-14(18-12)9-6-10(15)8-11(7-9)20(5,16)17/h6-8H,1-5H3. The largest absolute Gasteiger partial charge is 0.494 e. The number of hydrogen-bond donors (Lipinski definition) is 0. The minimum absolute atomic E-state index is 0.247. The summed E-state index contributed by atoms with van der Waals surface area (Å²) in [7, 11) is -3.85. The van der Waals surface area contributed by atoms with Crippen LogP contribution >= 0.6 is 15.9 Å². The third-order valence-corrected chi connectivity index (χ3v) is 5.40. The maximum Gasteiger partial charge on any atom is 0.494 e. The molecule has 0 atom stereocenters. The highest BCUT2D eigenvalue weighted by atomic mass is 79.9. The highest BCUT2D eigenvalue weighted by Crippen LogP contribution is 2.36. The number of benzene rings is 1. The van der Waals surface area contributed by atoms with Gasteiger partial charge in [0.15, 0.2) is 9.84 Å². The van der Waals surface area contributed by atoms with Gasteiger partial charge in [0.25, 0.3) is 0 Å². The molecule has 0 N–H and O–H groups in total. The SMILES string of the molecule is CC1(C)OB(c2cc(Br)cc(S(C)(=O)=O)c2)OC1(C)C. The van der Waals surface area contributed by atoms with Gasteiger partial charge in [-0.3, -0.25) is 0 Å². The van der Waals surface area contributed by atoms with Crippen LogP contribution in [0.4, 0.5) is 0 Å². The quantitative estimate of drug-likeness (QED) is 0.758. The summed E-state index contributed by atoms with van der Waals surface area (Å²) < 4.78 is 36.0. The first-order valence-corrected chi connectivity index (χ1v) is 8.97. The fourth-order valence-electron chi connectivity index (χ4n) is 1.91. The van der Waals surface area contributed by atoms with Gasteiger partial charge in [-0.1, -0.05) is 15.9 Å². The lowest BCUT2D eigenvalue weighted by atomic mass is 9.79. The number of sulfone groups is 1. The lowest BCUT2D eigenvalue weighted by Crippen LogP contribution is -2.41. The zero-order valence-corrected chi connectivity index (χ0v) is 14.6. The van der Waals surface area contributed by atoms with Crippen LogP contribution < -0.4 is 5.46 Å².